The molecule has 0 spiro atoms. The Balaban J connectivity index is 2.11. The zero-order valence-corrected chi connectivity index (χ0v) is 12.3. The third kappa shape index (κ3) is 2.47. The van der Waals surface area contributed by atoms with Crippen LogP contribution in [0.1, 0.15) is 18.9 Å². The van der Waals surface area contributed by atoms with Crippen LogP contribution in [0.15, 0.2) is 47.3 Å². The van der Waals surface area contributed by atoms with Crippen molar-refractivity contribution in [3.05, 3.63) is 58.3 Å². The summed E-state index contributed by atoms with van der Waals surface area (Å²) in [6.07, 6.45) is 1.12. The average molecular weight is 283 g/mol. The van der Waals surface area contributed by atoms with Crippen LogP contribution in [0.2, 0.25) is 0 Å². The Morgan fingerprint density at radius 2 is 1.85 bits per heavy atom. The van der Waals surface area contributed by atoms with Gasteiger partial charge in [0.25, 0.3) is 0 Å². The molecule has 0 aliphatic carbocycles. The quantitative estimate of drug-likeness (QED) is 0.581. The molecule has 0 fully saturated rings. The van der Waals surface area contributed by atoms with E-state index in [0.29, 0.717) is 0 Å². The molecule has 1 N–H and O–H groups in total. The van der Waals surface area contributed by atoms with Crippen LogP contribution in [0.3, 0.4) is 0 Å². The first-order valence-electron chi connectivity index (χ1n) is 6.95. The summed E-state index contributed by atoms with van der Waals surface area (Å²) in [6.45, 7) is 3.97. The molecule has 0 radical (unpaired) electrons. The maximum atomic E-state index is 12.6. The van der Waals surface area contributed by atoms with Gasteiger partial charge in [0, 0.05) is 26.7 Å². The molecular weight excluding hydrogens is 266 g/mol. The van der Waals surface area contributed by atoms with Gasteiger partial charge in [0.05, 0.1) is 0 Å². The van der Waals surface area contributed by atoms with Crippen LogP contribution in [0.5, 0.6) is 0 Å². The summed E-state index contributed by atoms with van der Waals surface area (Å²) in [7, 11) is 0. The lowest BCUT2D eigenvalue weighted by atomic mass is 10.1. The number of hydrogen-bond acceptors (Lipinski definition) is 3. The van der Waals surface area contributed by atoms with Gasteiger partial charge in [-0.2, -0.15) is 0 Å². The van der Waals surface area contributed by atoms with E-state index in [4.69, 9.17) is 0 Å². The van der Waals surface area contributed by atoms with Crippen LogP contribution in [0, 0.1) is 0 Å². The molecule has 0 unspecified atom stereocenters. The van der Waals surface area contributed by atoms with Crippen molar-refractivity contribution in [2.75, 3.05) is 6.54 Å². The van der Waals surface area contributed by atoms with Crippen LogP contribution in [0.25, 0.3) is 20.2 Å². The van der Waals surface area contributed by atoms with Crippen molar-refractivity contribution in [3.8, 4) is 0 Å². The SMILES string of the molecule is CCCNCc1ccc2sc3ccccc3c(=O)c2c1. The van der Waals surface area contributed by atoms with E-state index in [-0.39, 0.29) is 5.43 Å². The molecule has 0 saturated heterocycles. The first-order valence-corrected chi connectivity index (χ1v) is 7.76. The zero-order valence-electron chi connectivity index (χ0n) is 11.5. The van der Waals surface area contributed by atoms with Crippen LogP contribution >= 0.6 is 11.3 Å². The van der Waals surface area contributed by atoms with Gasteiger partial charge in [-0.25, -0.2) is 0 Å². The number of hydrogen-bond donors (Lipinski definition) is 1. The van der Waals surface area contributed by atoms with Crippen LogP contribution in [-0.2, 0) is 6.54 Å². The lowest BCUT2D eigenvalue weighted by Crippen LogP contribution is -2.14. The normalized spacial score (nSPS) is 11.2. The fourth-order valence-corrected chi connectivity index (χ4v) is 3.42. The lowest BCUT2D eigenvalue weighted by molar-refractivity contribution is 0.676. The maximum absolute atomic E-state index is 12.6. The summed E-state index contributed by atoms with van der Waals surface area (Å²) in [5.74, 6) is 0. The van der Waals surface area contributed by atoms with E-state index in [0.717, 1.165) is 39.7 Å². The van der Waals surface area contributed by atoms with Crippen molar-refractivity contribution in [1.82, 2.24) is 5.32 Å². The second-order valence-electron chi connectivity index (χ2n) is 4.93. The van der Waals surface area contributed by atoms with Crippen LogP contribution in [-0.4, -0.2) is 6.54 Å². The second kappa shape index (κ2) is 5.73. The number of fused-ring (bicyclic) bond motifs is 2. The molecule has 3 rings (SSSR count). The monoisotopic (exact) mass is 283 g/mol. The van der Waals surface area contributed by atoms with E-state index in [1.54, 1.807) is 11.3 Å². The van der Waals surface area contributed by atoms with E-state index >= 15 is 0 Å². The van der Waals surface area contributed by atoms with Gasteiger partial charge in [0.2, 0.25) is 0 Å². The van der Waals surface area contributed by atoms with Gasteiger partial charge < -0.3 is 5.32 Å². The van der Waals surface area contributed by atoms with Gasteiger partial charge in [-0.15, -0.1) is 11.3 Å². The summed E-state index contributed by atoms with van der Waals surface area (Å²) >= 11 is 1.68. The Morgan fingerprint density at radius 3 is 2.70 bits per heavy atom. The van der Waals surface area contributed by atoms with E-state index in [1.807, 2.05) is 30.3 Å². The molecule has 0 saturated carbocycles. The summed E-state index contributed by atoms with van der Waals surface area (Å²) in [4.78, 5) is 12.6. The molecule has 0 aliphatic rings. The van der Waals surface area contributed by atoms with E-state index in [1.165, 1.54) is 5.56 Å². The molecule has 3 aromatic rings. The molecular formula is C17H17NOS. The van der Waals surface area contributed by atoms with Gasteiger partial charge >= 0.3 is 0 Å². The zero-order chi connectivity index (χ0) is 13.9. The molecule has 102 valence electrons. The average Bonchev–Trinajstić information content (AvgIpc) is 2.48. The summed E-state index contributed by atoms with van der Waals surface area (Å²) in [5.41, 5.74) is 1.32. The minimum Gasteiger partial charge on any atom is -0.313 e. The van der Waals surface area contributed by atoms with E-state index < -0.39 is 0 Å². The molecule has 0 aliphatic heterocycles. The Kier molecular flexibility index (Phi) is 3.81. The summed E-state index contributed by atoms with van der Waals surface area (Å²) in [5, 5.41) is 5.03. The summed E-state index contributed by atoms with van der Waals surface area (Å²) in [6, 6.07) is 14.0. The highest BCUT2D eigenvalue weighted by molar-refractivity contribution is 7.24. The summed E-state index contributed by atoms with van der Waals surface area (Å²) < 4.78 is 2.12. The predicted molar refractivity (Wildman–Crippen MR) is 87.6 cm³/mol. The minimum atomic E-state index is 0.145. The molecule has 1 aromatic heterocycles. The van der Waals surface area contributed by atoms with Gasteiger partial charge in [0.15, 0.2) is 5.43 Å². The molecule has 0 amide bonds. The van der Waals surface area contributed by atoms with Crippen molar-refractivity contribution < 1.29 is 0 Å². The van der Waals surface area contributed by atoms with E-state index in [2.05, 4.69) is 24.4 Å². The van der Waals surface area contributed by atoms with Gasteiger partial charge in [-0.1, -0.05) is 25.1 Å². The van der Waals surface area contributed by atoms with Gasteiger partial charge in [-0.05, 0) is 42.8 Å². The van der Waals surface area contributed by atoms with Crippen molar-refractivity contribution in [2.45, 2.75) is 19.9 Å². The predicted octanol–water partition coefficient (Wildman–Crippen LogP) is 3.91. The first-order chi connectivity index (χ1) is 9.79. The highest BCUT2D eigenvalue weighted by Crippen LogP contribution is 2.25. The van der Waals surface area contributed by atoms with Crippen molar-refractivity contribution >= 4 is 31.5 Å². The maximum Gasteiger partial charge on any atom is 0.195 e. The van der Waals surface area contributed by atoms with Gasteiger partial charge in [-0.3, -0.25) is 4.79 Å². The smallest absolute Gasteiger partial charge is 0.195 e. The minimum absolute atomic E-state index is 0.145. The first kappa shape index (κ1) is 13.3. The molecule has 20 heavy (non-hydrogen) atoms. The van der Waals surface area contributed by atoms with Crippen LogP contribution in [0.4, 0.5) is 0 Å². The highest BCUT2D eigenvalue weighted by Gasteiger charge is 2.06. The number of benzene rings is 2. The molecule has 0 atom stereocenters. The second-order valence-corrected chi connectivity index (χ2v) is 6.02. The Bertz CT molecular complexity index is 807. The fraction of sp³-hybridized carbons (Fsp3) is 0.235. The third-order valence-electron chi connectivity index (χ3n) is 3.40. The van der Waals surface area contributed by atoms with Crippen molar-refractivity contribution in [2.24, 2.45) is 0 Å². The highest BCUT2D eigenvalue weighted by atomic mass is 32.1. The van der Waals surface area contributed by atoms with Crippen LogP contribution < -0.4 is 10.7 Å². The fourth-order valence-electron chi connectivity index (χ4n) is 2.37. The van der Waals surface area contributed by atoms with Gasteiger partial charge in [0.1, 0.15) is 0 Å². The standard InChI is InChI=1S/C17H17NOS/c1-2-9-18-11-12-7-8-16-14(10-12)17(19)13-5-3-4-6-15(13)20-16/h3-8,10,18H,2,9,11H2,1H3. The van der Waals surface area contributed by atoms with Crippen molar-refractivity contribution in [1.29, 1.82) is 0 Å². The molecule has 2 nitrogen and oxygen atoms in total. The molecule has 0 bridgehead atoms. The Hall–Kier alpha value is -1.71. The van der Waals surface area contributed by atoms with E-state index in [9.17, 15) is 4.79 Å². The Morgan fingerprint density at radius 1 is 1.05 bits per heavy atom. The lowest BCUT2D eigenvalue weighted by Gasteiger charge is -2.05. The Labute approximate surface area is 122 Å². The number of nitrogens with one attached hydrogen (secondary N) is 1. The molecule has 2 aromatic carbocycles. The molecule has 3 heteroatoms. The third-order valence-corrected chi connectivity index (χ3v) is 4.55. The molecule has 1 heterocycles. The largest absolute Gasteiger partial charge is 0.313 e. The van der Waals surface area contributed by atoms with Crippen molar-refractivity contribution in [3.63, 3.8) is 0 Å². The topological polar surface area (TPSA) is 29.1 Å². The number of rotatable bonds is 4.